The molecule has 0 aromatic rings. The maximum absolute atomic E-state index is 11.8. The summed E-state index contributed by atoms with van der Waals surface area (Å²) in [5.41, 5.74) is 5.38. The number of carbonyl (C=O) groups is 4. The van der Waals surface area contributed by atoms with Crippen LogP contribution in [0.5, 0.6) is 0 Å². The maximum atomic E-state index is 11.8. The second-order valence-corrected chi connectivity index (χ2v) is 5.09. The minimum atomic E-state index is -0.825. The van der Waals surface area contributed by atoms with Crippen LogP contribution in [0.1, 0.15) is 34.6 Å². The van der Waals surface area contributed by atoms with Gasteiger partial charge >= 0.3 is 0 Å². The predicted molar refractivity (Wildman–Crippen MR) is 77.1 cm³/mol. The fourth-order valence-electron chi connectivity index (χ4n) is 1.25. The molecule has 0 fully saturated rings. The molecule has 0 aliphatic heterocycles. The van der Waals surface area contributed by atoms with E-state index in [0.717, 1.165) is 0 Å². The zero-order valence-corrected chi connectivity index (χ0v) is 13.0. The van der Waals surface area contributed by atoms with E-state index in [4.69, 9.17) is 5.73 Å². The highest BCUT2D eigenvalue weighted by atomic mass is 16.2. The molecule has 0 aromatic heterocycles. The summed E-state index contributed by atoms with van der Waals surface area (Å²) in [5.74, 6) is -1.63. The van der Waals surface area contributed by atoms with Crippen LogP contribution in [-0.4, -0.2) is 47.7 Å². The highest BCUT2D eigenvalue weighted by Crippen LogP contribution is 1.91. The molecular formula is C13H24N4O4. The molecule has 21 heavy (non-hydrogen) atoms. The van der Waals surface area contributed by atoms with Gasteiger partial charge in [0.15, 0.2) is 5.78 Å². The molecular weight excluding hydrogens is 276 g/mol. The molecule has 0 radical (unpaired) electrons. The van der Waals surface area contributed by atoms with E-state index in [-0.39, 0.29) is 5.78 Å². The first-order chi connectivity index (χ1) is 9.56. The number of amides is 3. The Bertz CT molecular complexity index is 422. The van der Waals surface area contributed by atoms with Crippen LogP contribution in [0.25, 0.3) is 0 Å². The lowest BCUT2D eigenvalue weighted by Gasteiger charge is -2.20. The smallest absolute Gasteiger partial charge is 0.242 e. The van der Waals surface area contributed by atoms with Crippen LogP contribution >= 0.6 is 0 Å². The Labute approximate surface area is 124 Å². The average Bonchev–Trinajstić information content (AvgIpc) is 2.37. The van der Waals surface area contributed by atoms with Crippen molar-refractivity contribution in [1.29, 1.82) is 0 Å². The number of hydrogen-bond donors (Lipinski definition) is 4. The van der Waals surface area contributed by atoms with Crippen LogP contribution in [0.2, 0.25) is 0 Å². The first-order valence-electron chi connectivity index (χ1n) is 6.73. The molecule has 0 saturated carbocycles. The minimum absolute atomic E-state index is 0.181. The lowest BCUT2D eigenvalue weighted by Crippen LogP contribution is -2.54. The highest BCUT2D eigenvalue weighted by molar-refractivity contribution is 5.94. The zero-order valence-electron chi connectivity index (χ0n) is 13.0. The normalized spacial score (nSPS) is 16.1. The van der Waals surface area contributed by atoms with E-state index in [9.17, 15) is 19.2 Å². The lowest BCUT2D eigenvalue weighted by molar-refractivity contribution is -0.132. The first kappa shape index (κ1) is 19.0. The van der Waals surface area contributed by atoms with Crippen molar-refractivity contribution in [2.75, 3.05) is 0 Å². The summed E-state index contributed by atoms with van der Waals surface area (Å²) in [7, 11) is 0. The third kappa shape index (κ3) is 6.84. The Morgan fingerprint density at radius 3 is 1.38 bits per heavy atom. The van der Waals surface area contributed by atoms with Gasteiger partial charge in [-0.3, -0.25) is 19.2 Å². The molecule has 0 aromatic carbocycles. The molecule has 0 rings (SSSR count). The molecule has 0 heterocycles. The van der Waals surface area contributed by atoms with Crippen molar-refractivity contribution in [3.05, 3.63) is 0 Å². The quantitative estimate of drug-likeness (QED) is 0.451. The molecule has 0 bridgehead atoms. The number of carbonyl (C=O) groups excluding carboxylic acids is 4. The van der Waals surface area contributed by atoms with E-state index in [1.165, 1.54) is 27.7 Å². The molecule has 0 saturated heterocycles. The summed E-state index contributed by atoms with van der Waals surface area (Å²) in [6.07, 6.45) is 0. The van der Waals surface area contributed by atoms with Gasteiger partial charge in [-0.05, 0) is 34.6 Å². The molecule has 120 valence electrons. The van der Waals surface area contributed by atoms with Gasteiger partial charge in [-0.1, -0.05) is 0 Å². The summed E-state index contributed by atoms with van der Waals surface area (Å²) in [6.45, 7) is 7.39. The molecule has 8 nitrogen and oxygen atoms in total. The van der Waals surface area contributed by atoms with Gasteiger partial charge in [-0.2, -0.15) is 0 Å². The van der Waals surface area contributed by atoms with E-state index in [2.05, 4.69) is 16.0 Å². The molecule has 4 atom stereocenters. The Kier molecular flexibility index (Phi) is 7.57. The van der Waals surface area contributed by atoms with E-state index >= 15 is 0 Å². The maximum Gasteiger partial charge on any atom is 0.242 e. The summed E-state index contributed by atoms with van der Waals surface area (Å²) in [6, 6.07) is -2.98. The van der Waals surface area contributed by atoms with Crippen molar-refractivity contribution in [3.8, 4) is 0 Å². The fraction of sp³-hybridized carbons (Fsp3) is 0.692. The molecule has 0 aliphatic carbocycles. The number of ketones is 1. The van der Waals surface area contributed by atoms with Gasteiger partial charge < -0.3 is 21.7 Å². The Balaban J connectivity index is 4.40. The summed E-state index contributed by atoms with van der Waals surface area (Å²) < 4.78 is 0. The van der Waals surface area contributed by atoms with E-state index in [1.807, 2.05) is 0 Å². The Hall–Kier alpha value is -1.96. The third-order valence-electron chi connectivity index (χ3n) is 2.89. The number of nitrogens with one attached hydrogen (secondary N) is 3. The van der Waals surface area contributed by atoms with Gasteiger partial charge in [0.1, 0.15) is 12.1 Å². The van der Waals surface area contributed by atoms with E-state index < -0.39 is 41.9 Å². The summed E-state index contributed by atoms with van der Waals surface area (Å²) >= 11 is 0. The lowest BCUT2D eigenvalue weighted by atomic mass is 10.2. The molecule has 4 unspecified atom stereocenters. The van der Waals surface area contributed by atoms with Gasteiger partial charge in [0, 0.05) is 0 Å². The molecule has 0 spiro atoms. The Morgan fingerprint density at radius 2 is 1.05 bits per heavy atom. The van der Waals surface area contributed by atoms with Crippen LogP contribution in [-0.2, 0) is 19.2 Å². The van der Waals surface area contributed by atoms with Crippen LogP contribution in [0.3, 0.4) is 0 Å². The van der Waals surface area contributed by atoms with Crippen molar-refractivity contribution in [2.24, 2.45) is 5.73 Å². The summed E-state index contributed by atoms with van der Waals surface area (Å²) in [4.78, 5) is 46.0. The van der Waals surface area contributed by atoms with Crippen LogP contribution in [0, 0.1) is 0 Å². The number of rotatable bonds is 7. The van der Waals surface area contributed by atoms with E-state index in [1.54, 1.807) is 6.92 Å². The largest absolute Gasteiger partial charge is 0.345 e. The van der Waals surface area contributed by atoms with Crippen molar-refractivity contribution in [3.63, 3.8) is 0 Å². The number of nitrogens with two attached hydrogens (primary N) is 1. The van der Waals surface area contributed by atoms with Crippen LogP contribution < -0.4 is 21.7 Å². The van der Waals surface area contributed by atoms with Gasteiger partial charge in [-0.15, -0.1) is 0 Å². The zero-order chi connectivity index (χ0) is 16.7. The van der Waals surface area contributed by atoms with Crippen molar-refractivity contribution in [2.45, 2.75) is 58.8 Å². The molecule has 0 aliphatic rings. The SMILES string of the molecule is CC(=O)C(C)NC(=O)C(C)NC(=O)C(C)NC(=O)C(C)N. The monoisotopic (exact) mass is 300 g/mol. The topological polar surface area (TPSA) is 130 Å². The fourth-order valence-corrected chi connectivity index (χ4v) is 1.25. The second kappa shape index (κ2) is 8.35. The van der Waals surface area contributed by atoms with Crippen molar-refractivity contribution in [1.82, 2.24) is 16.0 Å². The van der Waals surface area contributed by atoms with Crippen molar-refractivity contribution < 1.29 is 19.2 Å². The number of Topliss-reactive ketones (excluding diaryl/α,β-unsaturated/α-hetero) is 1. The van der Waals surface area contributed by atoms with E-state index in [0.29, 0.717) is 0 Å². The van der Waals surface area contributed by atoms with Gasteiger partial charge in [0.2, 0.25) is 17.7 Å². The summed E-state index contributed by atoms with van der Waals surface area (Å²) in [5, 5.41) is 7.34. The van der Waals surface area contributed by atoms with Crippen LogP contribution in [0.15, 0.2) is 0 Å². The Morgan fingerprint density at radius 1 is 0.714 bits per heavy atom. The first-order valence-corrected chi connectivity index (χ1v) is 6.73. The standard InChI is InChI=1S/C13H24N4O4/c1-6(14)11(19)16-8(3)13(21)17-9(4)12(20)15-7(2)10(5)18/h6-9H,14H2,1-5H3,(H,15,20)(H,16,19)(H,17,21). The second-order valence-electron chi connectivity index (χ2n) is 5.09. The highest BCUT2D eigenvalue weighted by Gasteiger charge is 2.23. The van der Waals surface area contributed by atoms with Crippen LogP contribution in [0.4, 0.5) is 0 Å². The predicted octanol–water partition coefficient (Wildman–Crippen LogP) is -1.56. The average molecular weight is 300 g/mol. The van der Waals surface area contributed by atoms with Gasteiger partial charge in [0.25, 0.3) is 0 Å². The molecule has 3 amide bonds. The molecule has 5 N–H and O–H groups in total. The number of hydrogen-bond acceptors (Lipinski definition) is 5. The molecule has 8 heteroatoms. The third-order valence-corrected chi connectivity index (χ3v) is 2.89. The van der Waals surface area contributed by atoms with Gasteiger partial charge in [-0.25, -0.2) is 0 Å². The van der Waals surface area contributed by atoms with Crippen molar-refractivity contribution >= 4 is 23.5 Å². The minimum Gasteiger partial charge on any atom is -0.345 e. The van der Waals surface area contributed by atoms with Gasteiger partial charge in [0.05, 0.1) is 12.1 Å².